The molecule has 0 saturated carbocycles. The maximum atomic E-state index is 11.7. The van der Waals surface area contributed by atoms with Gasteiger partial charge >= 0.3 is 0 Å². The first kappa shape index (κ1) is 16.6. The van der Waals surface area contributed by atoms with Gasteiger partial charge in [-0.3, -0.25) is 9.59 Å². The fourth-order valence-electron chi connectivity index (χ4n) is 1.61. The number of phenolic OH excluding ortho intramolecular Hbond substituents is 1. The van der Waals surface area contributed by atoms with Gasteiger partial charge in [-0.2, -0.15) is 5.10 Å². The Balaban J connectivity index is 1.91. The van der Waals surface area contributed by atoms with Gasteiger partial charge in [0.25, 0.3) is 11.5 Å². The van der Waals surface area contributed by atoms with Crippen LogP contribution in [0.5, 0.6) is 5.75 Å². The Morgan fingerprint density at radius 3 is 3.00 bits per heavy atom. The number of nitrogens with one attached hydrogen (secondary N) is 1. The molecule has 2 rings (SSSR count). The normalized spacial score (nSPS) is 10.8. The lowest BCUT2D eigenvalue weighted by molar-refractivity contribution is -0.118. The van der Waals surface area contributed by atoms with Gasteiger partial charge in [-0.1, -0.05) is 23.9 Å². The van der Waals surface area contributed by atoms with Gasteiger partial charge in [0.05, 0.1) is 12.0 Å². The molecule has 0 atom stereocenters. The van der Waals surface area contributed by atoms with E-state index in [1.54, 1.807) is 25.1 Å². The van der Waals surface area contributed by atoms with E-state index in [1.807, 2.05) is 0 Å². The van der Waals surface area contributed by atoms with Crippen LogP contribution in [-0.4, -0.2) is 32.6 Å². The molecular formula is C14H15N5O3S. The van der Waals surface area contributed by atoms with Crippen molar-refractivity contribution in [2.75, 3.05) is 11.6 Å². The van der Waals surface area contributed by atoms with Crippen molar-refractivity contribution in [3.05, 3.63) is 51.9 Å². The third kappa shape index (κ3) is 4.58. The molecule has 1 amide bonds. The third-order valence-electron chi connectivity index (χ3n) is 2.71. The molecule has 0 saturated heterocycles. The monoisotopic (exact) mass is 333 g/mol. The lowest BCUT2D eigenvalue weighted by atomic mass is 10.2. The van der Waals surface area contributed by atoms with Crippen LogP contribution < -0.4 is 16.8 Å². The van der Waals surface area contributed by atoms with E-state index in [0.717, 1.165) is 16.4 Å². The molecule has 9 heteroatoms. The van der Waals surface area contributed by atoms with Crippen molar-refractivity contribution < 1.29 is 9.90 Å². The zero-order valence-corrected chi connectivity index (χ0v) is 13.1. The molecule has 0 spiro atoms. The van der Waals surface area contributed by atoms with E-state index in [2.05, 4.69) is 15.5 Å². The number of aryl methyl sites for hydroxylation is 1. The van der Waals surface area contributed by atoms with Crippen LogP contribution in [0.1, 0.15) is 11.3 Å². The van der Waals surface area contributed by atoms with Gasteiger partial charge in [0.15, 0.2) is 5.16 Å². The molecule has 0 radical (unpaired) electrons. The molecule has 0 aliphatic heterocycles. The maximum Gasteiger partial charge on any atom is 0.272 e. The Hall–Kier alpha value is -2.81. The van der Waals surface area contributed by atoms with E-state index in [4.69, 9.17) is 5.84 Å². The SMILES string of the molecule is Cc1cc(=O)n(N)c(SCC(=O)N/N=C/c2ccccc2O)n1. The number of thioether (sulfide) groups is 1. The number of hydrogen-bond donors (Lipinski definition) is 3. The largest absolute Gasteiger partial charge is 0.507 e. The van der Waals surface area contributed by atoms with E-state index in [-0.39, 0.29) is 16.7 Å². The Morgan fingerprint density at radius 1 is 1.52 bits per heavy atom. The van der Waals surface area contributed by atoms with Gasteiger partial charge in [-0.25, -0.2) is 15.1 Å². The molecule has 1 heterocycles. The van der Waals surface area contributed by atoms with Crippen LogP contribution in [0.2, 0.25) is 0 Å². The van der Waals surface area contributed by atoms with E-state index >= 15 is 0 Å². The number of benzene rings is 1. The molecule has 1 aromatic carbocycles. The topological polar surface area (TPSA) is 123 Å². The van der Waals surface area contributed by atoms with Gasteiger partial charge in [0, 0.05) is 17.3 Å². The van der Waals surface area contributed by atoms with Crippen LogP contribution in [-0.2, 0) is 4.79 Å². The number of rotatable bonds is 5. The average Bonchev–Trinajstić information content (AvgIpc) is 2.51. The summed E-state index contributed by atoms with van der Waals surface area (Å²) in [6, 6.07) is 7.90. The van der Waals surface area contributed by atoms with Crippen LogP contribution >= 0.6 is 11.8 Å². The predicted octanol–water partition coefficient (Wildman–Crippen LogP) is 0.214. The molecule has 1 aromatic heterocycles. The van der Waals surface area contributed by atoms with E-state index in [9.17, 15) is 14.7 Å². The number of nitrogen functional groups attached to an aromatic ring is 1. The molecule has 0 bridgehead atoms. The van der Waals surface area contributed by atoms with Crippen molar-refractivity contribution in [1.82, 2.24) is 15.1 Å². The quantitative estimate of drug-likeness (QED) is 0.236. The highest BCUT2D eigenvalue weighted by Crippen LogP contribution is 2.13. The number of hydrazone groups is 1. The lowest BCUT2D eigenvalue weighted by Crippen LogP contribution is -2.30. The average molecular weight is 333 g/mol. The number of aromatic nitrogens is 2. The highest BCUT2D eigenvalue weighted by Gasteiger charge is 2.08. The number of carbonyl (C=O) groups excluding carboxylic acids is 1. The van der Waals surface area contributed by atoms with Crippen molar-refractivity contribution >= 4 is 23.9 Å². The zero-order valence-electron chi connectivity index (χ0n) is 12.3. The van der Waals surface area contributed by atoms with Gasteiger partial charge in [-0.05, 0) is 19.1 Å². The molecular weight excluding hydrogens is 318 g/mol. The Labute approximate surface area is 136 Å². The second kappa shape index (κ2) is 7.45. The smallest absolute Gasteiger partial charge is 0.272 e. The number of phenols is 1. The van der Waals surface area contributed by atoms with Crippen molar-refractivity contribution in [2.45, 2.75) is 12.1 Å². The zero-order chi connectivity index (χ0) is 16.8. The molecule has 120 valence electrons. The van der Waals surface area contributed by atoms with E-state index in [1.165, 1.54) is 18.3 Å². The van der Waals surface area contributed by atoms with Crippen molar-refractivity contribution in [2.24, 2.45) is 5.10 Å². The summed E-state index contributed by atoms with van der Waals surface area (Å²) in [6.45, 7) is 1.67. The maximum absolute atomic E-state index is 11.7. The fraction of sp³-hybridized carbons (Fsp3) is 0.143. The Morgan fingerprint density at radius 2 is 2.26 bits per heavy atom. The van der Waals surface area contributed by atoms with Crippen LogP contribution in [0.25, 0.3) is 0 Å². The minimum atomic E-state index is -0.391. The van der Waals surface area contributed by atoms with Crippen molar-refractivity contribution in [3.63, 3.8) is 0 Å². The van der Waals surface area contributed by atoms with Crippen molar-refractivity contribution in [1.29, 1.82) is 0 Å². The fourth-order valence-corrected chi connectivity index (χ4v) is 2.38. The second-order valence-electron chi connectivity index (χ2n) is 4.53. The minimum absolute atomic E-state index is 0.00873. The highest BCUT2D eigenvalue weighted by molar-refractivity contribution is 7.99. The summed E-state index contributed by atoms with van der Waals surface area (Å²) >= 11 is 1.02. The lowest BCUT2D eigenvalue weighted by Gasteiger charge is -2.06. The van der Waals surface area contributed by atoms with Crippen molar-refractivity contribution in [3.8, 4) is 5.75 Å². The number of nitrogens with zero attached hydrogens (tertiary/aromatic N) is 3. The third-order valence-corrected chi connectivity index (χ3v) is 3.66. The van der Waals surface area contributed by atoms with E-state index in [0.29, 0.717) is 11.3 Å². The van der Waals surface area contributed by atoms with Crippen LogP contribution in [0, 0.1) is 6.92 Å². The number of para-hydroxylation sites is 1. The van der Waals surface area contributed by atoms with Gasteiger partial charge in [0.1, 0.15) is 5.75 Å². The molecule has 4 N–H and O–H groups in total. The standard InChI is InChI=1S/C14H15N5O3S/c1-9-6-13(22)19(15)14(17-9)23-8-12(21)18-16-7-10-4-2-3-5-11(10)20/h2-7,20H,8,15H2,1H3,(H,18,21)/b16-7+. The number of hydrogen-bond acceptors (Lipinski definition) is 7. The second-order valence-corrected chi connectivity index (χ2v) is 5.47. The molecule has 2 aromatic rings. The van der Waals surface area contributed by atoms with Gasteiger partial charge < -0.3 is 10.9 Å². The van der Waals surface area contributed by atoms with Crippen LogP contribution in [0.3, 0.4) is 0 Å². The molecule has 23 heavy (non-hydrogen) atoms. The summed E-state index contributed by atoms with van der Waals surface area (Å²) in [5.41, 5.74) is 2.94. The summed E-state index contributed by atoms with van der Waals surface area (Å²) in [5, 5.41) is 13.5. The predicted molar refractivity (Wildman–Crippen MR) is 88.0 cm³/mol. The first-order valence-electron chi connectivity index (χ1n) is 6.56. The number of carbonyl (C=O) groups is 1. The Kier molecular flexibility index (Phi) is 5.36. The van der Waals surface area contributed by atoms with Crippen LogP contribution in [0.15, 0.2) is 45.4 Å². The number of nitrogens with two attached hydrogens (primary N) is 1. The first-order valence-corrected chi connectivity index (χ1v) is 7.54. The van der Waals surface area contributed by atoms with Crippen LogP contribution in [0.4, 0.5) is 0 Å². The number of amides is 1. The summed E-state index contributed by atoms with van der Waals surface area (Å²) in [4.78, 5) is 27.3. The molecule has 0 fully saturated rings. The summed E-state index contributed by atoms with van der Waals surface area (Å²) in [6.07, 6.45) is 1.33. The molecule has 0 aliphatic rings. The molecule has 0 unspecified atom stereocenters. The summed E-state index contributed by atoms with van der Waals surface area (Å²) < 4.78 is 0.885. The molecule has 8 nitrogen and oxygen atoms in total. The number of aromatic hydroxyl groups is 1. The van der Waals surface area contributed by atoms with Gasteiger partial charge in [0.2, 0.25) is 0 Å². The minimum Gasteiger partial charge on any atom is -0.507 e. The van der Waals surface area contributed by atoms with E-state index < -0.39 is 11.5 Å². The Bertz CT molecular complexity index is 803. The van der Waals surface area contributed by atoms with Gasteiger partial charge in [-0.15, -0.1) is 0 Å². The first-order chi connectivity index (χ1) is 11.0. The highest BCUT2D eigenvalue weighted by atomic mass is 32.2. The molecule has 0 aliphatic carbocycles. The summed E-state index contributed by atoms with van der Waals surface area (Å²) in [7, 11) is 0. The summed E-state index contributed by atoms with van der Waals surface area (Å²) in [5.74, 6) is 5.23.